The summed E-state index contributed by atoms with van der Waals surface area (Å²) in [6.45, 7) is 0.862. The first-order valence-corrected chi connectivity index (χ1v) is 5.59. The molecule has 0 spiro atoms. The molecule has 0 saturated heterocycles. The summed E-state index contributed by atoms with van der Waals surface area (Å²) in [7, 11) is 1.57. The summed E-state index contributed by atoms with van der Waals surface area (Å²) in [6.07, 6.45) is 0.601. The highest BCUT2D eigenvalue weighted by Crippen LogP contribution is 2.24. The maximum absolute atomic E-state index is 11.7. The average Bonchev–Trinajstić information content (AvgIpc) is 2.33. The van der Waals surface area contributed by atoms with E-state index in [2.05, 4.69) is 5.32 Å². The average molecular weight is 254 g/mol. The lowest BCUT2D eigenvalue weighted by atomic mass is 10.2. The SMILES string of the molecule is COCC(N)CCNC(=O)c1ccc(O)c(O)c1. The number of phenols is 2. The number of nitrogens with two attached hydrogens (primary N) is 1. The maximum Gasteiger partial charge on any atom is 0.251 e. The molecule has 1 aromatic rings. The van der Waals surface area contributed by atoms with Crippen LogP contribution in [0.5, 0.6) is 11.5 Å². The largest absolute Gasteiger partial charge is 0.504 e. The van der Waals surface area contributed by atoms with Gasteiger partial charge >= 0.3 is 0 Å². The van der Waals surface area contributed by atoms with Crippen molar-refractivity contribution in [3.63, 3.8) is 0 Å². The van der Waals surface area contributed by atoms with Crippen LogP contribution in [0.4, 0.5) is 0 Å². The van der Waals surface area contributed by atoms with Crippen LogP contribution in [-0.4, -0.2) is 42.4 Å². The predicted octanol–water partition coefficient (Wildman–Crippen LogP) is 0.191. The van der Waals surface area contributed by atoms with E-state index in [0.717, 1.165) is 0 Å². The number of benzene rings is 1. The first-order valence-electron chi connectivity index (χ1n) is 5.59. The number of amides is 1. The number of ether oxygens (including phenoxy) is 1. The minimum absolute atomic E-state index is 0.122. The van der Waals surface area contributed by atoms with Gasteiger partial charge in [-0.05, 0) is 24.6 Å². The standard InChI is InChI=1S/C12H18N2O4/c1-18-7-9(13)4-5-14-12(17)8-2-3-10(15)11(16)6-8/h2-3,6,9,15-16H,4-5,7,13H2,1H3,(H,14,17). The quantitative estimate of drug-likeness (QED) is 0.542. The minimum atomic E-state index is -0.324. The van der Waals surface area contributed by atoms with Gasteiger partial charge in [0.05, 0.1) is 6.61 Å². The van der Waals surface area contributed by atoms with E-state index in [-0.39, 0.29) is 29.0 Å². The van der Waals surface area contributed by atoms with Crippen molar-refractivity contribution < 1.29 is 19.7 Å². The van der Waals surface area contributed by atoms with E-state index in [0.29, 0.717) is 19.6 Å². The Kier molecular flexibility index (Phi) is 5.41. The third-order valence-electron chi connectivity index (χ3n) is 2.42. The fourth-order valence-electron chi connectivity index (χ4n) is 1.44. The van der Waals surface area contributed by atoms with Gasteiger partial charge < -0.3 is 26.0 Å². The highest BCUT2D eigenvalue weighted by atomic mass is 16.5. The van der Waals surface area contributed by atoms with Crippen molar-refractivity contribution in [1.29, 1.82) is 0 Å². The van der Waals surface area contributed by atoms with E-state index in [9.17, 15) is 9.90 Å². The molecule has 0 radical (unpaired) electrons. The Bertz CT molecular complexity index is 409. The highest BCUT2D eigenvalue weighted by Gasteiger charge is 2.09. The van der Waals surface area contributed by atoms with Gasteiger partial charge in [-0.2, -0.15) is 0 Å². The fraction of sp³-hybridized carbons (Fsp3) is 0.417. The van der Waals surface area contributed by atoms with Gasteiger partial charge in [0, 0.05) is 25.3 Å². The second kappa shape index (κ2) is 6.83. The fourth-order valence-corrected chi connectivity index (χ4v) is 1.44. The highest BCUT2D eigenvalue weighted by molar-refractivity contribution is 5.94. The molecule has 1 atom stereocenters. The van der Waals surface area contributed by atoms with Gasteiger partial charge in [0.1, 0.15) is 0 Å². The normalized spacial score (nSPS) is 12.1. The number of rotatable bonds is 6. The molecule has 1 unspecified atom stereocenters. The summed E-state index contributed by atoms with van der Waals surface area (Å²) in [5.74, 6) is -0.901. The van der Waals surface area contributed by atoms with Gasteiger partial charge in [-0.25, -0.2) is 0 Å². The van der Waals surface area contributed by atoms with Gasteiger partial charge in [-0.15, -0.1) is 0 Å². The van der Waals surface area contributed by atoms with Crippen molar-refractivity contribution in [2.75, 3.05) is 20.3 Å². The van der Waals surface area contributed by atoms with E-state index >= 15 is 0 Å². The van der Waals surface area contributed by atoms with Crippen LogP contribution in [-0.2, 0) is 4.74 Å². The summed E-state index contributed by atoms with van der Waals surface area (Å²) < 4.78 is 4.88. The summed E-state index contributed by atoms with van der Waals surface area (Å²) in [5, 5.41) is 21.1. The molecule has 1 rings (SSSR count). The number of aromatic hydroxyl groups is 2. The summed E-state index contributed by atoms with van der Waals surface area (Å²) in [5.41, 5.74) is 5.99. The summed E-state index contributed by atoms with van der Waals surface area (Å²) in [6, 6.07) is 3.78. The van der Waals surface area contributed by atoms with Crippen molar-refractivity contribution >= 4 is 5.91 Å². The molecular formula is C12H18N2O4. The Labute approximate surface area is 105 Å². The number of nitrogens with one attached hydrogen (secondary N) is 1. The van der Waals surface area contributed by atoms with Crippen molar-refractivity contribution in [3.8, 4) is 11.5 Å². The van der Waals surface area contributed by atoms with E-state index in [1.54, 1.807) is 7.11 Å². The number of hydrogen-bond donors (Lipinski definition) is 4. The minimum Gasteiger partial charge on any atom is -0.504 e. The lowest BCUT2D eigenvalue weighted by Gasteiger charge is -2.11. The molecular weight excluding hydrogens is 236 g/mol. The molecule has 0 aromatic heterocycles. The van der Waals surface area contributed by atoms with Crippen molar-refractivity contribution in [1.82, 2.24) is 5.32 Å². The third-order valence-corrected chi connectivity index (χ3v) is 2.42. The molecule has 1 aromatic carbocycles. The zero-order valence-electron chi connectivity index (χ0n) is 10.2. The van der Waals surface area contributed by atoms with Gasteiger partial charge in [-0.3, -0.25) is 4.79 Å². The van der Waals surface area contributed by atoms with Gasteiger partial charge in [0.25, 0.3) is 5.91 Å². The maximum atomic E-state index is 11.7. The van der Waals surface area contributed by atoms with Crippen molar-refractivity contribution in [2.45, 2.75) is 12.5 Å². The molecule has 0 fully saturated rings. The Balaban J connectivity index is 2.43. The third kappa shape index (κ3) is 4.23. The Hall–Kier alpha value is -1.79. The zero-order valence-corrected chi connectivity index (χ0v) is 10.2. The molecule has 5 N–H and O–H groups in total. The summed E-state index contributed by atoms with van der Waals surface area (Å²) in [4.78, 5) is 11.7. The Morgan fingerprint density at radius 1 is 1.44 bits per heavy atom. The van der Waals surface area contributed by atoms with Crippen LogP contribution >= 0.6 is 0 Å². The Morgan fingerprint density at radius 2 is 2.17 bits per heavy atom. The molecule has 0 aliphatic rings. The first kappa shape index (κ1) is 14.3. The summed E-state index contributed by atoms with van der Waals surface area (Å²) >= 11 is 0. The first-order chi connectivity index (χ1) is 8.54. The van der Waals surface area contributed by atoms with Crippen molar-refractivity contribution in [2.24, 2.45) is 5.73 Å². The predicted molar refractivity (Wildman–Crippen MR) is 66.6 cm³/mol. The van der Waals surface area contributed by atoms with E-state index < -0.39 is 0 Å². The van der Waals surface area contributed by atoms with Crippen LogP contribution in [0.2, 0.25) is 0 Å². The van der Waals surface area contributed by atoms with Gasteiger partial charge in [-0.1, -0.05) is 0 Å². The molecule has 0 aliphatic carbocycles. The second-order valence-electron chi connectivity index (χ2n) is 3.96. The molecule has 0 heterocycles. The molecule has 0 aliphatic heterocycles. The van der Waals surface area contributed by atoms with Crippen LogP contribution < -0.4 is 11.1 Å². The van der Waals surface area contributed by atoms with Gasteiger partial charge in [0.2, 0.25) is 0 Å². The van der Waals surface area contributed by atoms with Crippen LogP contribution in [0.25, 0.3) is 0 Å². The number of hydrogen-bond acceptors (Lipinski definition) is 5. The Morgan fingerprint density at radius 3 is 2.78 bits per heavy atom. The lowest BCUT2D eigenvalue weighted by Crippen LogP contribution is -2.32. The van der Waals surface area contributed by atoms with E-state index in [1.807, 2.05) is 0 Å². The van der Waals surface area contributed by atoms with Gasteiger partial charge in [0.15, 0.2) is 11.5 Å². The van der Waals surface area contributed by atoms with Crippen molar-refractivity contribution in [3.05, 3.63) is 23.8 Å². The van der Waals surface area contributed by atoms with Crippen LogP contribution in [0.15, 0.2) is 18.2 Å². The molecule has 1 amide bonds. The monoisotopic (exact) mass is 254 g/mol. The topological polar surface area (TPSA) is 105 Å². The molecule has 100 valence electrons. The number of carbonyl (C=O) groups excluding carboxylic acids is 1. The molecule has 0 saturated carbocycles. The smallest absolute Gasteiger partial charge is 0.251 e. The zero-order chi connectivity index (χ0) is 13.5. The van der Waals surface area contributed by atoms with Crippen LogP contribution in [0, 0.1) is 0 Å². The molecule has 0 bridgehead atoms. The molecule has 6 nitrogen and oxygen atoms in total. The molecule has 18 heavy (non-hydrogen) atoms. The molecule has 6 heteroatoms. The number of methoxy groups -OCH3 is 1. The van der Waals surface area contributed by atoms with Crippen LogP contribution in [0.1, 0.15) is 16.8 Å². The lowest BCUT2D eigenvalue weighted by molar-refractivity contribution is 0.0949. The number of phenolic OH excluding ortho intramolecular Hbond substituents is 2. The van der Waals surface area contributed by atoms with Crippen LogP contribution in [0.3, 0.4) is 0 Å². The number of carbonyl (C=O) groups is 1. The van der Waals surface area contributed by atoms with E-state index in [1.165, 1.54) is 18.2 Å². The second-order valence-corrected chi connectivity index (χ2v) is 3.96. The van der Waals surface area contributed by atoms with E-state index in [4.69, 9.17) is 15.6 Å².